The number of aliphatic hydroxyl groups excluding tert-OH is 1. The third kappa shape index (κ3) is 5.96. The van der Waals surface area contributed by atoms with Crippen molar-refractivity contribution in [3.63, 3.8) is 0 Å². The molecule has 3 N–H and O–H groups in total. The summed E-state index contributed by atoms with van der Waals surface area (Å²) in [5, 5.41) is 15.4. The maximum absolute atomic E-state index is 12.0. The van der Waals surface area contributed by atoms with Crippen LogP contribution >= 0.6 is 11.8 Å². The summed E-state index contributed by atoms with van der Waals surface area (Å²) in [7, 11) is 0. The SMILES string of the molecule is CC(CNC(=O)NC(CO)c1ccccc1)Sc1ccccc1. The van der Waals surface area contributed by atoms with E-state index in [1.165, 1.54) is 4.90 Å². The highest BCUT2D eigenvalue weighted by Gasteiger charge is 2.13. The molecule has 2 atom stereocenters. The molecule has 2 aromatic rings. The number of carbonyl (C=O) groups excluding carboxylic acids is 1. The van der Waals surface area contributed by atoms with Gasteiger partial charge in [0, 0.05) is 16.7 Å². The Morgan fingerprint density at radius 1 is 1.09 bits per heavy atom. The minimum absolute atomic E-state index is 0.133. The van der Waals surface area contributed by atoms with Gasteiger partial charge in [0.05, 0.1) is 12.6 Å². The molecule has 4 nitrogen and oxygen atoms in total. The zero-order valence-corrected chi connectivity index (χ0v) is 13.9. The lowest BCUT2D eigenvalue weighted by Gasteiger charge is -2.18. The highest BCUT2D eigenvalue weighted by Crippen LogP contribution is 2.21. The van der Waals surface area contributed by atoms with Gasteiger partial charge in [-0.15, -0.1) is 11.8 Å². The predicted octanol–water partition coefficient (Wildman–Crippen LogP) is 3.20. The number of hydrogen-bond donors (Lipinski definition) is 3. The van der Waals surface area contributed by atoms with Crippen molar-refractivity contribution in [2.24, 2.45) is 0 Å². The Morgan fingerprint density at radius 3 is 2.30 bits per heavy atom. The molecule has 5 heteroatoms. The van der Waals surface area contributed by atoms with E-state index in [2.05, 4.69) is 29.7 Å². The Bertz CT molecular complexity index is 592. The van der Waals surface area contributed by atoms with Gasteiger partial charge >= 0.3 is 6.03 Å². The number of aliphatic hydroxyl groups is 1. The van der Waals surface area contributed by atoms with E-state index in [4.69, 9.17) is 0 Å². The molecule has 0 aliphatic carbocycles. The standard InChI is InChI=1S/C18H22N2O2S/c1-14(23-16-10-6-3-7-11-16)12-19-18(22)20-17(13-21)15-8-4-2-5-9-15/h2-11,14,17,21H,12-13H2,1H3,(H2,19,20,22). The third-order valence-corrected chi connectivity index (χ3v) is 4.43. The number of amides is 2. The summed E-state index contributed by atoms with van der Waals surface area (Å²) in [5.74, 6) is 0. The molecule has 2 unspecified atom stereocenters. The van der Waals surface area contributed by atoms with Crippen LogP contribution in [0, 0.1) is 0 Å². The Balaban J connectivity index is 1.78. The average Bonchev–Trinajstić information content (AvgIpc) is 2.59. The number of rotatable bonds is 7. The Labute approximate surface area is 141 Å². The van der Waals surface area contributed by atoms with Gasteiger partial charge in [0.25, 0.3) is 0 Å². The summed E-state index contributed by atoms with van der Waals surface area (Å²) < 4.78 is 0. The predicted molar refractivity (Wildman–Crippen MR) is 94.6 cm³/mol. The van der Waals surface area contributed by atoms with Crippen LogP contribution in [-0.4, -0.2) is 29.5 Å². The van der Waals surface area contributed by atoms with E-state index in [-0.39, 0.29) is 17.9 Å². The first-order valence-corrected chi connectivity index (χ1v) is 8.49. The first-order chi connectivity index (χ1) is 11.2. The molecular weight excluding hydrogens is 308 g/mol. The smallest absolute Gasteiger partial charge is 0.315 e. The second-order valence-corrected chi connectivity index (χ2v) is 6.75. The van der Waals surface area contributed by atoms with Gasteiger partial charge < -0.3 is 15.7 Å². The maximum Gasteiger partial charge on any atom is 0.315 e. The summed E-state index contributed by atoms with van der Waals surface area (Å²) in [5.41, 5.74) is 0.886. The quantitative estimate of drug-likeness (QED) is 0.683. The van der Waals surface area contributed by atoms with Gasteiger partial charge in [-0.1, -0.05) is 55.5 Å². The monoisotopic (exact) mass is 330 g/mol. The van der Waals surface area contributed by atoms with Gasteiger partial charge in [-0.3, -0.25) is 0 Å². The molecule has 0 fully saturated rings. The van der Waals surface area contributed by atoms with E-state index in [1.54, 1.807) is 11.8 Å². The molecule has 2 amide bonds. The molecule has 0 spiro atoms. The van der Waals surface area contributed by atoms with E-state index in [9.17, 15) is 9.90 Å². The third-order valence-electron chi connectivity index (χ3n) is 3.32. The fourth-order valence-electron chi connectivity index (χ4n) is 2.14. The molecule has 0 aliphatic rings. The summed E-state index contributed by atoms with van der Waals surface area (Å²) in [4.78, 5) is 13.2. The molecule has 23 heavy (non-hydrogen) atoms. The molecule has 122 valence electrons. The number of urea groups is 1. The van der Waals surface area contributed by atoms with Crippen molar-refractivity contribution in [3.05, 3.63) is 66.2 Å². The van der Waals surface area contributed by atoms with Gasteiger partial charge in [-0.25, -0.2) is 4.79 Å². The van der Waals surface area contributed by atoms with Crippen molar-refractivity contribution < 1.29 is 9.90 Å². The highest BCUT2D eigenvalue weighted by molar-refractivity contribution is 8.00. The lowest BCUT2D eigenvalue weighted by molar-refractivity contribution is 0.217. The number of hydrogen-bond acceptors (Lipinski definition) is 3. The lowest BCUT2D eigenvalue weighted by Crippen LogP contribution is -2.41. The molecule has 2 rings (SSSR count). The molecule has 0 saturated carbocycles. The molecule has 0 heterocycles. The zero-order chi connectivity index (χ0) is 16.5. The van der Waals surface area contributed by atoms with Crippen LogP contribution in [0.1, 0.15) is 18.5 Å². The molecule has 0 saturated heterocycles. The van der Waals surface area contributed by atoms with Crippen LogP contribution in [0.15, 0.2) is 65.6 Å². The van der Waals surface area contributed by atoms with Gasteiger partial charge in [-0.2, -0.15) is 0 Å². The Hall–Kier alpha value is -1.98. The first kappa shape index (κ1) is 17.4. The lowest BCUT2D eigenvalue weighted by atomic mass is 10.1. The zero-order valence-electron chi connectivity index (χ0n) is 13.1. The average molecular weight is 330 g/mol. The maximum atomic E-state index is 12.0. The summed E-state index contributed by atoms with van der Waals surface area (Å²) in [6.45, 7) is 2.49. The molecule has 2 aromatic carbocycles. The molecular formula is C18H22N2O2S. The fourth-order valence-corrected chi connectivity index (χ4v) is 3.08. The fraction of sp³-hybridized carbons (Fsp3) is 0.278. The minimum atomic E-state index is -0.395. The van der Waals surface area contributed by atoms with Crippen LogP contribution in [0.2, 0.25) is 0 Å². The summed E-state index contributed by atoms with van der Waals surface area (Å²) in [6.07, 6.45) is 0. The van der Waals surface area contributed by atoms with Crippen molar-refractivity contribution in [1.29, 1.82) is 0 Å². The normalized spacial score (nSPS) is 13.1. The summed E-state index contributed by atoms with van der Waals surface area (Å²) >= 11 is 1.71. The van der Waals surface area contributed by atoms with Gasteiger partial charge in [-0.05, 0) is 17.7 Å². The van der Waals surface area contributed by atoms with Crippen LogP contribution in [0.3, 0.4) is 0 Å². The van der Waals surface area contributed by atoms with Gasteiger partial charge in [0.15, 0.2) is 0 Å². The summed E-state index contributed by atoms with van der Waals surface area (Å²) in [6, 6.07) is 18.9. The number of benzene rings is 2. The number of nitrogens with one attached hydrogen (secondary N) is 2. The first-order valence-electron chi connectivity index (χ1n) is 7.61. The van der Waals surface area contributed by atoms with Crippen molar-refractivity contribution in [2.75, 3.05) is 13.2 Å². The Morgan fingerprint density at radius 2 is 1.70 bits per heavy atom. The van der Waals surface area contributed by atoms with E-state index in [1.807, 2.05) is 48.5 Å². The second-order valence-electron chi connectivity index (χ2n) is 5.24. The van der Waals surface area contributed by atoms with Crippen LogP contribution in [0.4, 0.5) is 4.79 Å². The number of thioether (sulfide) groups is 1. The van der Waals surface area contributed by atoms with Crippen molar-refractivity contribution in [2.45, 2.75) is 23.1 Å². The van der Waals surface area contributed by atoms with Crippen LogP contribution in [0.25, 0.3) is 0 Å². The molecule has 0 aromatic heterocycles. The number of carbonyl (C=O) groups is 1. The second kappa shape index (κ2) is 9.22. The van der Waals surface area contributed by atoms with Crippen molar-refractivity contribution >= 4 is 17.8 Å². The van der Waals surface area contributed by atoms with Gasteiger partial charge in [0.2, 0.25) is 0 Å². The highest BCUT2D eigenvalue weighted by atomic mass is 32.2. The topological polar surface area (TPSA) is 61.4 Å². The van der Waals surface area contributed by atoms with Crippen molar-refractivity contribution in [1.82, 2.24) is 10.6 Å². The largest absolute Gasteiger partial charge is 0.394 e. The van der Waals surface area contributed by atoms with E-state index in [0.717, 1.165) is 5.56 Å². The van der Waals surface area contributed by atoms with Crippen LogP contribution in [0.5, 0.6) is 0 Å². The molecule has 0 radical (unpaired) electrons. The van der Waals surface area contributed by atoms with Crippen molar-refractivity contribution in [3.8, 4) is 0 Å². The van der Waals surface area contributed by atoms with Crippen LogP contribution in [-0.2, 0) is 0 Å². The minimum Gasteiger partial charge on any atom is -0.394 e. The van der Waals surface area contributed by atoms with E-state index < -0.39 is 6.04 Å². The molecule has 0 aliphatic heterocycles. The Kier molecular flexibility index (Phi) is 6.97. The van der Waals surface area contributed by atoms with E-state index in [0.29, 0.717) is 6.54 Å². The van der Waals surface area contributed by atoms with Crippen LogP contribution < -0.4 is 10.6 Å². The molecule has 0 bridgehead atoms. The van der Waals surface area contributed by atoms with E-state index >= 15 is 0 Å². The van der Waals surface area contributed by atoms with Gasteiger partial charge in [0.1, 0.15) is 0 Å².